The molecule has 0 aromatic carbocycles. The Hall–Kier alpha value is -0.730. The fraction of sp³-hybridized carbons (Fsp3) is 0.833. The third-order valence-corrected chi connectivity index (χ3v) is 2.88. The normalized spacial score (nSPS) is 16.7. The predicted molar refractivity (Wildman–Crippen MR) is 86.9 cm³/mol. The maximum Gasteiger partial charge on any atom is 0.409 e. The summed E-state index contributed by atoms with van der Waals surface area (Å²) in [7, 11) is 0. The van der Waals surface area contributed by atoms with Crippen LogP contribution in [0, 0.1) is 0 Å². The first-order chi connectivity index (χ1) is 8.67. The summed E-state index contributed by atoms with van der Waals surface area (Å²) in [5.74, 6) is 0.506. The monoisotopic (exact) mass is 384 g/mol. The van der Waals surface area contributed by atoms with Crippen LogP contribution < -0.4 is 11.1 Å². The molecule has 19 heavy (non-hydrogen) atoms. The molecule has 0 aromatic rings. The van der Waals surface area contributed by atoms with Crippen LogP contribution in [0.5, 0.6) is 0 Å². The fourth-order valence-electron chi connectivity index (χ4n) is 1.91. The molecule has 0 atom stereocenters. The van der Waals surface area contributed by atoms with Crippen molar-refractivity contribution in [3.8, 4) is 0 Å². The number of carbonyl (C=O) groups is 1. The van der Waals surface area contributed by atoms with E-state index >= 15 is 0 Å². The number of ether oxygens (including phenoxy) is 1. The molecule has 1 aliphatic rings. The zero-order chi connectivity index (χ0) is 13.4. The van der Waals surface area contributed by atoms with Gasteiger partial charge >= 0.3 is 6.09 Å². The van der Waals surface area contributed by atoms with Gasteiger partial charge in [-0.15, -0.1) is 24.0 Å². The van der Waals surface area contributed by atoms with E-state index in [0.29, 0.717) is 31.7 Å². The summed E-state index contributed by atoms with van der Waals surface area (Å²) in [6.07, 6.45) is 2.52. The van der Waals surface area contributed by atoms with Gasteiger partial charge < -0.3 is 20.7 Å². The maximum absolute atomic E-state index is 11.5. The number of nitrogens with zero attached hydrogens (tertiary/aromatic N) is 2. The zero-order valence-electron chi connectivity index (χ0n) is 11.7. The van der Waals surface area contributed by atoms with Crippen LogP contribution in [-0.4, -0.2) is 49.2 Å². The molecule has 1 rings (SSSR count). The standard InChI is InChI=1S/C12H24N4O2.HI/c1-3-7-14-11(13)15-10-5-8-16(9-6-10)12(17)18-4-2;/h10H,3-9H2,1-2H3,(H3,13,14,15);1H. The number of carbonyl (C=O) groups excluding carboxylic acids is 1. The first-order valence-electron chi connectivity index (χ1n) is 6.65. The molecule has 0 aromatic heterocycles. The van der Waals surface area contributed by atoms with Crippen LogP contribution in [0.25, 0.3) is 0 Å². The number of likely N-dealkylation sites (tertiary alicyclic amines) is 1. The second-order valence-corrected chi connectivity index (χ2v) is 4.37. The van der Waals surface area contributed by atoms with Crippen molar-refractivity contribution in [3.63, 3.8) is 0 Å². The molecule has 1 heterocycles. The van der Waals surface area contributed by atoms with Gasteiger partial charge in [0.1, 0.15) is 0 Å². The van der Waals surface area contributed by atoms with Gasteiger partial charge in [0.15, 0.2) is 5.96 Å². The van der Waals surface area contributed by atoms with Crippen LogP contribution in [0.2, 0.25) is 0 Å². The molecule has 7 heteroatoms. The van der Waals surface area contributed by atoms with Crippen molar-refractivity contribution in [3.05, 3.63) is 0 Å². The first kappa shape index (κ1) is 18.3. The highest BCUT2D eigenvalue weighted by molar-refractivity contribution is 14.0. The summed E-state index contributed by atoms with van der Waals surface area (Å²) in [4.78, 5) is 17.4. The largest absolute Gasteiger partial charge is 0.450 e. The van der Waals surface area contributed by atoms with Crippen LogP contribution in [0.4, 0.5) is 4.79 Å². The summed E-state index contributed by atoms with van der Waals surface area (Å²) < 4.78 is 4.97. The number of aliphatic imine (C=N–C) groups is 1. The number of piperidine rings is 1. The van der Waals surface area contributed by atoms with E-state index < -0.39 is 0 Å². The Morgan fingerprint density at radius 2 is 2.05 bits per heavy atom. The Kier molecular flexibility index (Phi) is 9.72. The summed E-state index contributed by atoms with van der Waals surface area (Å²) in [5.41, 5.74) is 5.77. The number of guanidine groups is 1. The summed E-state index contributed by atoms with van der Waals surface area (Å²) in [5, 5.41) is 3.19. The summed E-state index contributed by atoms with van der Waals surface area (Å²) in [6, 6.07) is 0.302. The van der Waals surface area contributed by atoms with Crippen LogP contribution in [0.15, 0.2) is 4.99 Å². The van der Waals surface area contributed by atoms with Crippen molar-refractivity contribution >= 4 is 36.0 Å². The Labute approximate surface area is 132 Å². The van der Waals surface area contributed by atoms with Crippen LogP contribution in [0.3, 0.4) is 0 Å². The van der Waals surface area contributed by atoms with E-state index in [-0.39, 0.29) is 30.1 Å². The molecule has 0 aliphatic carbocycles. The maximum atomic E-state index is 11.5. The number of nitrogens with one attached hydrogen (secondary N) is 1. The van der Waals surface area contributed by atoms with Gasteiger partial charge in [0.25, 0.3) is 0 Å². The highest BCUT2D eigenvalue weighted by Crippen LogP contribution is 2.11. The van der Waals surface area contributed by atoms with Gasteiger partial charge in [0, 0.05) is 25.7 Å². The van der Waals surface area contributed by atoms with E-state index in [9.17, 15) is 4.79 Å². The average Bonchev–Trinajstić information content (AvgIpc) is 2.37. The highest BCUT2D eigenvalue weighted by atomic mass is 127. The molecule has 6 nitrogen and oxygen atoms in total. The molecule has 0 radical (unpaired) electrons. The van der Waals surface area contributed by atoms with Gasteiger partial charge in [0.2, 0.25) is 0 Å². The lowest BCUT2D eigenvalue weighted by atomic mass is 10.1. The molecule has 112 valence electrons. The predicted octanol–water partition coefficient (Wildman–Crippen LogP) is 1.54. The van der Waals surface area contributed by atoms with Gasteiger partial charge in [-0.05, 0) is 26.2 Å². The number of hydrogen-bond donors (Lipinski definition) is 2. The van der Waals surface area contributed by atoms with Crippen LogP contribution >= 0.6 is 24.0 Å². The highest BCUT2D eigenvalue weighted by Gasteiger charge is 2.23. The van der Waals surface area contributed by atoms with E-state index in [1.54, 1.807) is 4.90 Å². The molecule has 1 aliphatic heterocycles. The number of nitrogens with two attached hydrogens (primary N) is 1. The molecule has 0 spiro atoms. The molecular weight excluding hydrogens is 359 g/mol. The van der Waals surface area contributed by atoms with Gasteiger partial charge in [-0.1, -0.05) is 6.92 Å². The minimum absolute atomic E-state index is 0. The quantitative estimate of drug-likeness (QED) is 0.438. The molecule has 0 saturated carbocycles. The number of halogens is 1. The molecular formula is C12H25IN4O2. The topological polar surface area (TPSA) is 80.0 Å². The van der Waals surface area contributed by atoms with Crippen LogP contribution in [0.1, 0.15) is 33.1 Å². The van der Waals surface area contributed by atoms with Gasteiger partial charge in [-0.3, -0.25) is 4.99 Å². The van der Waals surface area contributed by atoms with E-state index in [0.717, 1.165) is 25.8 Å². The Morgan fingerprint density at radius 1 is 1.42 bits per heavy atom. The van der Waals surface area contributed by atoms with E-state index in [1.807, 2.05) is 6.92 Å². The van der Waals surface area contributed by atoms with E-state index in [2.05, 4.69) is 17.2 Å². The van der Waals surface area contributed by atoms with Crippen molar-refractivity contribution in [2.45, 2.75) is 39.2 Å². The average molecular weight is 384 g/mol. The molecule has 3 N–H and O–H groups in total. The Balaban J connectivity index is 0.00000324. The van der Waals surface area contributed by atoms with Gasteiger partial charge in [0.05, 0.1) is 6.61 Å². The minimum atomic E-state index is -0.219. The van der Waals surface area contributed by atoms with E-state index in [4.69, 9.17) is 10.5 Å². The SMILES string of the molecule is CCCN=C(N)NC1CCN(C(=O)OCC)CC1.I. The molecule has 0 bridgehead atoms. The Morgan fingerprint density at radius 3 is 2.58 bits per heavy atom. The summed E-state index contributed by atoms with van der Waals surface area (Å²) >= 11 is 0. The summed E-state index contributed by atoms with van der Waals surface area (Å²) in [6.45, 7) is 6.47. The van der Waals surface area contributed by atoms with Gasteiger partial charge in [-0.25, -0.2) is 4.79 Å². The van der Waals surface area contributed by atoms with E-state index in [1.165, 1.54) is 0 Å². The third-order valence-electron chi connectivity index (χ3n) is 2.88. The minimum Gasteiger partial charge on any atom is -0.450 e. The first-order valence-corrected chi connectivity index (χ1v) is 6.65. The Bertz CT molecular complexity index is 291. The zero-order valence-corrected chi connectivity index (χ0v) is 14.1. The molecule has 1 amide bonds. The van der Waals surface area contributed by atoms with Crippen molar-refractivity contribution in [1.29, 1.82) is 0 Å². The van der Waals surface area contributed by atoms with Crippen molar-refractivity contribution in [1.82, 2.24) is 10.2 Å². The lowest BCUT2D eigenvalue weighted by molar-refractivity contribution is 0.0963. The smallest absolute Gasteiger partial charge is 0.409 e. The fourth-order valence-corrected chi connectivity index (χ4v) is 1.91. The lowest BCUT2D eigenvalue weighted by Crippen LogP contribution is -2.48. The molecule has 1 fully saturated rings. The number of amides is 1. The van der Waals surface area contributed by atoms with Crippen molar-refractivity contribution in [2.24, 2.45) is 10.7 Å². The second kappa shape index (κ2) is 10.1. The second-order valence-electron chi connectivity index (χ2n) is 4.37. The van der Waals surface area contributed by atoms with Crippen LogP contribution in [-0.2, 0) is 4.74 Å². The van der Waals surface area contributed by atoms with Crippen molar-refractivity contribution in [2.75, 3.05) is 26.2 Å². The number of rotatable bonds is 4. The molecule has 0 unspecified atom stereocenters. The number of hydrogen-bond acceptors (Lipinski definition) is 3. The lowest BCUT2D eigenvalue weighted by Gasteiger charge is -2.31. The van der Waals surface area contributed by atoms with Crippen molar-refractivity contribution < 1.29 is 9.53 Å². The molecule has 1 saturated heterocycles. The van der Waals surface area contributed by atoms with Gasteiger partial charge in [-0.2, -0.15) is 0 Å². The third kappa shape index (κ3) is 6.84.